The first kappa shape index (κ1) is 21.7. The number of carbonyl (C=O) groups excluding carboxylic acids is 2. The van der Waals surface area contributed by atoms with Crippen LogP contribution in [0.25, 0.3) is 6.08 Å². The van der Waals surface area contributed by atoms with Gasteiger partial charge in [0.25, 0.3) is 11.6 Å². The third-order valence-electron chi connectivity index (χ3n) is 4.31. The summed E-state index contributed by atoms with van der Waals surface area (Å²) < 4.78 is 5.86. The summed E-state index contributed by atoms with van der Waals surface area (Å²) in [7, 11) is 0. The molecule has 1 heterocycles. The number of thiocarbonyl (C=S) groups is 1. The van der Waals surface area contributed by atoms with E-state index in [1.807, 2.05) is 0 Å². The van der Waals surface area contributed by atoms with Crippen LogP contribution in [0.5, 0.6) is 5.75 Å². The number of amides is 1. The molecule has 1 aliphatic heterocycles. The lowest BCUT2D eigenvalue weighted by Crippen LogP contribution is -2.28. The molecule has 0 radical (unpaired) electrons. The molecule has 154 valence electrons. The third kappa shape index (κ3) is 5.11. The number of unbranched alkanes of at least 4 members (excludes halogenated alkanes) is 1. The second kappa shape index (κ2) is 9.64. The number of non-ortho nitro benzene ring substituents is 1. The number of hydrogen-bond acceptors (Lipinski definition) is 7. The molecule has 1 fully saturated rings. The van der Waals surface area contributed by atoms with Gasteiger partial charge in [-0.2, -0.15) is 0 Å². The quantitative estimate of drug-likeness (QED) is 0.152. The van der Waals surface area contributed by atoms with E-state index in [9.17, 15) is 19.7 Å². The predicted molar refractivity (Wildman–Crippen MR) is 119 cm³/mol. The van der Waals surface area contributed by atoms with Crippen molar-refractivity contribution >= 4 is 51.9 Å². The van der Waals surface area contributed by atoms with Crippen LogP contribution in [0.1, 0.15) is 35.7 Å². The normalized spacial score (nSPS) is 15.0. The Morgan fingerprint density at radius 1 is 1.20 bits per heavy atom. The molecule has 2 aromatic carbocycles. The van der Waals surface area contributed by atoms with Crippen LogP contribution in [0.3, 0.4) is 0 Å². The molecular formula is C21H18N2O5S2. The van der Waals surface area contributed by atoms with E-state index >= 15 is 0 Å². The van der Waals surface area contributed by atoms with Crippen molar-refractivity contribution in [1.82, 2.24) is 4.90 Å². The first-order chi connectivity index (χ1) is 14.4. The fraction of sp³-hybridized carbons (Fsp3) is 0.190. The Labute approximate surface area is 182 Å². The van der Waals surface area contributed by atoms with Crippen molar-refractivity contribution in [3.63, 3.8) is 0 Å². The van der Waals surface area contributed by atoms with Gasteiger partial charge in [0.1, 0.15) is 10.1 Å². The number of carbonyl (C=O) groups is 2. The second-order valence-electron chi connectivity index (χ2n) is 6.45. The molecule has 7 nitrogen and oxygen atoms in total. The molecule has 3 rings (SSSR count). The largest absolute Gasteiger partial charge is 0.423 e. The molecular weight excluding hydrogens is 424 g/mol. The zero-order valence-corrected chi connectivity index (χ0v) is 17.7. The first-order valence-corrected chi connectivity index (χ1v) is 10.4. The highest BCUT2D eigenvalue weighted by atomic mass is 32.2. The van der Waals surface area contributed by atoms with Crippen LogP contribution in [0, 0.1) is 10.1 Å². The second-order valence-corrected chi connectivity index (χ2v) is 8.13. The summed E-state index contributed by atoms with van der Waals surface area (Å²) in [5.74, 6) is -0.382. The van der Waals surface area contributed by atoms with Gasteiger partial charge in [0.2, 0.25) is 0 Å². The summed E-state index contributed by atoms with van der Waals surface area (Å²) in [4.78, 5) is 37.0. The average molecular weight is 443 g/mol. The van der Waals surface area contributed by atoms with Gasteiger partial charge in [0.15, 0.2) is 0 Å². The standard InChI is InChI=1S/C21H18N2O5S2/c1-2-3-12-22-19(24)18(30-21(22)29)13-14-4-10-17(11-5-14)28-20(25)15-6-8-16(9-7-15)23(26)27/h4-11,13H,2-3,12H2,1H3/b18-13+. The molecule has 1 amide bonds. The molecule has 0 N–H and O–H groups in total. The summed E-state index contributed by atoms with van der Waals surface area (Å²) in [5, 5.41) is 10.7. The summed E-state index contributed by atoms with van der Waals surface area (Å²) in [5.41, 5.74) is 0.887. The van der Waals surface area contributed by atoms with Crippen LogP contribution in [-0.2, 0) is 4.79 Å². The van der Waals surface area contributed by atoms with Crippen LogP contribution in [0.4, 0.5) is 5.69 Å². The SMILES string of the molecule is CCCCN1C(=O)/C(=C\c2ccc(OC(=O)c3ccc([N+](=O)[O-])cc3)cc2)SC1=S. The van der Waals surface area contributed by atoms with E-state index in [-0.39, 0.29) is 17.2 Å². The number of rotatable bonds is 7. The Bertz CT molecular complexity index is 1020. The Hall–Kier alpha value is -3.04. The van der Waals surface area contributed by atoms with Crippen LogP contribution in [0.2, 0.25) is 0 Å². The first-order valence-electron chi connectivity index (χ1n) is 9.21. The number of ether oxygens (including phenoxy) is 1. The molecule has 1 aliphatic rings. The molecule has 0 unspecified atom stereocenters. The van der Waals surface area contributed by atoms with Gasteiger partial charge in [-0.05, 0) is 42.3 Å². The van der Waals surface area contributed by atoms with Crippen LogP contribution < -0.4 is 4.74 Å². The minimum absolute atomic E-state index is 0.0906. The van der Waals surface area contributed by atoms with Gasteiger partial charge in [-0.1, -0.05) is 49.5 Å². The van der Waals surface area contributed by atoms with Gasteiger partial charge in [-0.15, -0.1) is 0 Å². The van der Waals surface area contributed by atoms with Crippen molar-refractivity contribution in [1.29, 1.82) is 0 Å². The Morgan fingerprint density at radius 2 is 1.87 bits per heavy atom. The van der Waals surface area contributed by atoms with Gasteiger partial charge in [0.05, 0.1) is 15.4 Å². The topological polar surface area (TPSA) is 89.8 Å². The van der Waals surface area contributed by atoms with Crippen LogP contribution in [0.15, 0.2) is 53.4 Å². The maximum absolute atomic E-state index is 12.5. The maximum Gasteiger partial charge on any atom is 0.343 e. The van der Waals surface area contributed by atoms with Crippen molar-refractivity contribution in [3.05, 3.63) is 74.7 Å². The molecule has 0 aromatic heterocycles. The molecule has 30 heavy (non-hydrogen) atoms. The van der Waals surface area contributed by atoms with E-state index in [2.05, 4.69) is 6.92 Å². The highest BCUT2D eigenvalue weighted by Gasteiger charge is 2.31. The van der Waals surface area contributed by atoms with E-state index in [1.165, 1.54) is 36.0 Å². The van der Waals surface area contributed by atoms with E-state index in [4.69, 9.17) is 17.0 Å². The fourth-order valence-electron chi connectivity index (χ4n) is 2.68. The van der Waals surface area contributed by atoms with E-state index in [1.54, 1.807) is 35.2 Å². The molecule has 0 spiro atoms. The molecule has 9 heteroatoms. The summed E-state index contributed by atoms with van der Waals surface area (Å²) in [6.07, 6.45) is 3.64. The number of nitrogens with zero attached hydrogens (tertiary/aromatic N) is 2. The van der Waals surface area contributed by atoms with Gasteiger partial charge >= 0.3 is 5.97 Å². The lowest BCUT2D eigenvalue weighted by atomic mass is 10.2. The predicted octanol–water partition coefficient (Wildman–Crippen LogP) is 4.82. The van der Waals surface area contributed by atoms with E-state index in [0.29, 0.717) is 21.5 Å². The molecule has 2 aromatic rings. The minimum atomic E-state index is -0.616. The number of thioether (sulfide) groups is 1. The molecule has 0 aliphatic carbocycles. The number of benzene rings is 2. The lowest BCUT2D eigenvalue weighted by Gasteiger charge is -2.13. The van der Waals surface area contributed by atoms with Crippen molar-refractivity contribution < 1.29 is 19.2 Å². The van der Waals surface area contributed by atoms with Crippen molar-refractivity contribution in [3.8, 4) is 5.75 Å². The van der Waals surface area contributed by atoms with E-state index < -0.39 is 10.9 Å². The summed E-state index contributed by atoms with van der Waals surface area (Å²) >= 11 is 6.57. The molecule has 0 saturated carbocycles. The Morgan fingerprint density at radius 3 is 2.47 bits per heavy atom. The van der Waals surface area contributed by atoms with Crippen molar-refractivity contribution in [2.24, 2.45) is 0 Å². The zero-order valence-electron chi connectivity index (χ0n) is 16.1. The Kier molecular flexibility index (Phi) is 6.96. The number of nitro groups is 1. The smallest absolute Gasteiger partial charge is 0.343 e. The highest BCUT2D eigenvalue weighted by Crippen LogP contribution is 2.33. The van der Waals surface area contributed by atoms with Crippen LogP contribution in [-0.4, -0.2) is 32.6 Å². The van der Waals surface area contributed by atoms with Gasteiger partial charge in [-0.3, -0.25) is 19.8 Å². The molecule has 1 saturated heterocycles. The van der Waals surface area contributed by atoms with Gasteiger partial charge < -0.3 is 4.74 Å². The molecule has 0 bridgehead atoms. The van der Waals surface area contributed by atoms with Crippen molar-refractivity contribution in [2.75, 3.05) is 6.54 Å². The Balaban J connectivity index is 1.65. The van der Waals surface area contributed by atoms with E-state index in [0.717, 1.165) is 18.4 Å². The fourth-order valence-corrected chi connectivity index (χ4v) is 3.99. The zero-order chi connectivity index (χ0) is 21.7. The molecule has 0 atom stereocenters. The number of esters is 1. The van der Waals surface area contributed by atoms with Crippen molar-refractivity contribution in [2.45, 2.75) is 19.8 Å². The third-order valence-corrected chi connectivity index (χ3v) is 5.69. The minimum Gasteiger partial charge on any atom is -0.423 e. The highest BCUT2D eigenvalue weighted by molar-refractivity contribution is 8.26. The summed E-state index contributed by atoms with van der Waals surface area (Å²) in [6.45, 7) is 2.68. The van der Waals surface area contributed by atoms with Gasteiger partial charge in [-0.25, -0.2) is 4.79 Å². The summed E-state index contributed by atoms with van der Waals surface area (Å²) in [6, 6.07) is 11.9. The number of nitro benzene ring substituents is 1. The maximum atomic E-state index is 12.5. The average Bonchev–Trinajstić information content (AvgIpc) is 3.00. The lowest BCUT2D eigenvalue weighted by molar-refractivity contribution is -0.384. The number of hydrogen-bond donors (Lipinski definition) is 0. The van der Waals surface area contributed by atoms with Gasteiger partial charge in [0, 0.05) is 18.7 Å². The van der Waals surface area contributed by atoms with Crippen LogP contribution >= 0.6 is 24.0 Å². The monoisotopic (exact) mass is 442 g/mol.